The highest BCUT2D eigenvalue weighted by Crippen LogP contribution is 2.25. The van der Waals surface area contributed by atoms with Crippen LogP contribution in [0.2, 0.25) is 0 Å². The van der Waals surface area contributed by atoms with Crippen molar-refractivity contribution >= 4 is 47.2 Å². The van der Waals surface area contributed by atoms with Crippen LogP contribution in [0.3, 0.4) is 0 Å². The Kier molecular flexibility index (Phi) is 9.48. The summed E-state index contributed by atoms with van der Waals surface area (Å²) in [5.41, 5.74) is 1.84. The van der Waals surface area contributed by atoms with E-state index in [1.54, 1.807) is 20.2 Å². The summed E-state index contributed by atoms with van der Waals surface area (Å²) in [5.74, 6) is 0.258. The third kappa shape index (κ3) is 6.44. The molecule has 0 aromatic heterocycles. The molecule has 174 valence electrons. The normalized spacial score (nSPS) is 14.0. The van der Waals surface area contributed by atoms with Gasteiger partial charge in [0.2, 0.25) is 5.91 Å². The van der Waals surface area contributed by atoms with Gasteiger partial charge in [-0.05, 0) is 29.8 Å². The number of halogens is 3. The number of amides is 1. The van der Waals surface area contributed by atoms with Crippen LogP contribution < -0.4 is 20.3 Å². The van der Waals surface area contributed by atoms with Gasteiger partial charge in [0, 0.05) is 52.8 Å². The summed E-state index contributed by atoms with van der Waals surface area (Å²) in [4.78, 5) is 19.7. The number of carbonyl (C=O) groups excluding carboxylic acids is 1. The second-order valence-electron chi connectivity index (χ2n) is 7.19. The van der Waals surface area contributed by atoms with E-state index in [1.807, 2.05) is 17.0 Å². The van der Waals surface area contributed by atoms with Gasteiger partial charge < -0.3 is 25.2 Å². The van der Waals surface area contributed by atoms with Crippen LogP contribution in [0.5, 0.6) is 5.75 Å². The highest BCUT2D eigenvalue weighted by molar-refractivity contribution is 14.0. The van der Waals surface area contributed by atoms with Crippen LogP contribution in [0, 0.1) is 11.6 Å². The lowest BCUT2D eigenvalue weighted by molar-refractivity contribution is -0.114. The number of aliphatic imine (C=N–C) groups is 1. The highest BCUT2D eigenvalue weighted by Gasteiger charge is 2.22. The molecule has 0 unspecified atom stereocenters. The monoisotopic (exact) mass is 559 g/mol. The molecule has 0 radical (unpaired) electrons. The first-order chi connectivity index (χ1) is 14.9. The molecule has 1 amide bonds. The fraction of sp³-hybridized carbons (Fsp3) is 0.364. The quantitative estimate of drug-likeness (QED) is 0.334. The number of nitrogens with one attached hydrogen (secondary N) is 2. The molecule has 32 heavy (non-hydrogen) atoms. The number of ether oxygens (including phenoxy) is 1. The van der Waals surface area contributed by atoms with Gasteiger partial charge in [-0.25, -0.2) is 8.78 Å². The van der Waals surface area contributed by atoms with E-state index >= 15 is 0 Å². The molecule has 0 atom stereocenters. The highest BCUT2D eigenvalue weighted by atomic mass is 127. The SMILES string of the molecule is CN=C(NCc1ccc(OC)c(NC(C)=O)c1)N1CCN(c2cc(F)ccc2F)CC1.I. The topological polar surface area (TPSA) is 69.2 Å². The van der Waals surface area contributed by atoms with Crippen molar-refractivity contribution in [3.05, 3.63) is 53.6 Å². The Bertz CT molecular complexity index is 965. The Morgan fingerprint density at radius 2 is 1.84 bits per heavy atom. The van der Waals surface area contributed by atoms with Crippen LogP contribution in [-0.4, -0.2) is 57.1 Å². The van der Waals surface area contributed by atoms with Gasteiger partial charge in [-0.2, -0.15) is 0 Å². The molecule has 2 N–H and O–H groups in total. The fourth-order valence-electron chi connectivity index (χ4n) is 3.55. The average Bonchev–Trinajstić information content (AvgIpc) is 2.76. The number of benzene rings is 2. The Morgan fingerprint density at radius 1 is 1.12 bits per heavy atom. The van der Waals surface area contributed by atoms with Gasteiger partial charge >= 0.3 is 0 Å². The van der Waals surface area contributed by atoms with Crippen LogP contribution in [0.1, 0.15) is 12.5 Å². The van der Waals surface area contributed by atoms with Gasteiger partial charge in [0.05, 0.1) is 18.5 Å². The first-order valence-electron chi connectivity index (χ1n) is 10.0. The second-order valence-corrected chi connectivity index (χ2v) is 7.19. The molecular formula is C22H28F2IN5O2. The minimum absolute atomic E-state index is 0. The van der Waals surface area contributed by atoms with E-state index in [1.165, 1.54) is 13.0 Å². The molecule has 3 rings (SSSR count). The molecule has 1 heterocycles. The molecule has 0 saturated carbocycles. The zero-order valence-corrected chi connectivity index (χ0v) is 20.7. The molecular weight excluding hydrogens is 531 g/mol. The van der Waals surface area contributed by atoms with E-state index in [2.05, 4.69) is 20.5 Å². The maximum atomic E-state index is 14.1. The first-order valence-corrected chi connectivity index (χ1v) is 10.0. The molecule has 1 fully saturated rings. The molecule has 1 saturated heterocycles. The molecule has 0 bridgehead atoms. The van der Waals surface area contributed by atoms with Crippen molar-refractivity contribution < 1.29 is 18.3 Å². The van der Waals surface area contributed by atoms with Gasteiger partial charge in [-0.3, -0.25) is 9.79 Å². The van der Waals surface area contributed by atoms with Crippen LogP contribution >= 0.6 is 24.0 Å². The molecule has 0 aliphatic carbocycles. The molecule has 2 aromatic carbocycles. The third-order valence-corrected chi connectivity index (χ3v) is 5.07. The van der Waals surface area contributed by atoms with Crippen molar-refractivity contribution in [3.63, 3.8) is 0 Å². The van der Waals surface area contributed by atoms with E-state index in [9.17, 15) is 13.6 Å². The molecule has 0 spiro atoms. The minimum Gasteiger partial charge on any atom is -0.495 e. The lowest BCUT2D eigenvalue weighted by Crippen LogP contribution is -2.52. The number of hydrogen-bond acceptors (Lipinski definition) is 4. The van der Waals surface area contributed by atoms with Crippen LogP contribution in [0.25, 0.3) is 0 Å². The molecule has 1 aliphatic rings. The van der Waals surface area contributed by atoms with E-state index < -0.39 is 11.6 Å². The van der Waals surface area contributed by atoms with E-state index in [4.69, 9.17) is 4.74 Å². The summed E-state index contributed by atoms with van der Waals surface area (Å²) in [5, 5.41) is 6.08. The number of rotatable bonds is 5. The van der Waals surface area contributed by atoms with Crippen molar-refractivity contribution in [3.8, 4) is 5.75 Å². The Morgan fingerprint density at radius 3 is 2.47 bits per heavy atom. The van der Waals surface area contributed by atoms with Gasteiger partial charge in [-0.1, -0.05) is 6.07 Å². The number of nitrogens with zero attached hydrogens (tertiary/aromatic N) is 3. The number of guanidine groups is 1. The van der Waals surface area contributed by atoms with Crippen LogP contribution in [0.15, 0.2) is 41.4 Å². The smallest absolute Gasteiger partial charge is 0.221 e. The standard InChI is InChI=1S/C22H27F2N5O2.HI/c1-15(30)27-19-12-16(4-7-21(19)31-3)14-26-22(25-2)29-10-8-28(9-11-29)20-13-17(23)5-6-18(20)24;/h4-7,12-13H,8-11,14H2,1-3H3,(H,25,26)(H,27,30);1H. The largest absolute Gasteiger partial charge is 0.495 e. The number of carbonyl (C=O) groups is 1. The maximum Gasteiger partial charge on any atom is 0.221 e. The fourth-order valence-corrected chi connectivity index (χ4v) is 3.55. The second kappa shape index (κ2) is 11.8. The lowest BCUT2D eigenvalue weighted by atomic mass is 10.2. The summed E-state index contributed by atoms with van der Waals surface area (Å²) < 4.78 is 32.8. The van der Waals surface area contributed by atoms with Crippen molar-refractivity contribution in [1.82, 2.24) is 10.2 Å². The van der Waals surface area contributed by atoms with Gasteiger partial charge in [0.1, 0.15) is 17.4 Å². The summed E-state index contributed by atoms with van der Waals surface area (Å²) >= 11 is 0. The predicted octanol–water partition coefficient (Wildman–Crippen LogP) is 3.45. The molecule has 10 heteroatoms. The number of hydrogen-bond donors (Lipinski definition) is 2. The first kappa shape index (κ1) is 25.6. The third-order valence-electron chi connectivity index (χ3n) is 5.07. The molecule has 7 nitrogen and oxygen atoms in total. The predicted molar refractivity (Wildman–Crippen MR) is 133 cm³/mol. The van der Waals surface area contributed by atoms with Gasteiger partial charge in [0.25, 0.3) is 0 Å². The molecule has 1 aliphatic heterocycles. The number of piperazine rings is 1. The molecule has 2 aromatic rings. The van der Waals surface area contributed by atoms with Gasteiger partial charge in [-0.15, -0.1) is 24.0 Å². The van der Waals surface area contributed by atoms with E-state index in [-0.39, 0.29) is 35.6 Å². The van der Waals surface area contributed by atoms with Gasteiger partial charge in [0.15, 0.2) is 5.96 Å². The summed E-state index contributed by atoms with van der Waals surface area (Å²) in [7, 11) is 3.26. The van der Waals surface area contributed by atoms with Crippen molar-refractivity contribution in [2.24, 2.45) is 4.99 Å². The average molecular weight is 559 g/mol. The van der Waals surface area contributed by atoms with E-state index in [0.29, 0.717) is 44.2 Å². The summed E-state index contributed by atoms with van der Waals surface area (Å²) in [6, 6.07) is 9.07. The Labute approximate surface area is 203 Å². The van der Waals surface area contributed by atoms with Crippen molar-refractivity contribution in [2.75, 3.05) is 50.6 Å². The summed E-state index contributed by atoms with van der Waals surface area (Å²) in [6.45, 7) is 4.29. The maximum absolute atomic E-state index is 14.1. The lowest BCUT2D eigenvalue weighted by Gasteiger charge is -2.37. The van der Waals surface area contributed by atoms with Crippen molar-refractivity contribution in [2.45, 2.75) is 13.5 Å². The van der Waals surface area contributed by atoms with Crippen molar-refractivity contribution in [1.29, 1.82) is 0 Å². The Balaban J connectivity index is 0.00000363. The zero-order valence-electron chi connectivity index (χ0n) is 18.3. The summed E-state index contributed by atoms with van der Waals surface area (Å²) in [6.07, 6.45) is 0. The van der Waals surface area contributed by atoms with E-state index in [0.717, 1.165) is 23.7 Å². The number of anilines is 2. The van der Waals surface area contributed by atoms with Crippen LogP contribution in [-0.2, 0) is 11.3 Å². The zero-order chi connectivity index (χ0) is 22.4. The number of methoxy groups -OCH3 is 1. The Hall–Kier alpha value is -2.63. The van der Waals surface area contributed by atoms with Crippen LogP contribution in [0.4, 0.5) is 20.2 Å². The minimum atomic E-state index is -0.450.